The zero-order valence-corrected chi connectivity index (χ0v) is 13.0. The Balaban J connectivity index is 1.86. The van der Waals surface area contributed by atoms with Crippen molar-refractivity contribution in [1.82, 2.24) is 15.4 Å². The van der Waals surface area contributed by atoms with Gasteiger partial charge < -0.3 is 4.74 Å². The Labute approximate surface area is 140 Å². The minimum absolute atomic E-state index is 0.0390. The number of aromatic amines is 1. The molecule has 0 saturated carbocycles. The van der Waals surface area contributed by atoms with Crippen LogP contribution in [0, 0.1) is 0 Å². The third-order valence-corrected chi connectivity index (χ3v) is 3.46. The van der Waals surface area contributed by atoms with E-state index >= 15 is 0 Å². The highest BCUT2D eigenvalue weighted by molar-refractivity contribution is 5.94. The summed E-state index contributed by atoms with van der Waals surface area (Å²) in [6.07, 6.45) is -4.38. The van der Waals surface area contributed by atoms with Crippen molar-refractivity contribution in [3.63, 3.8) is 0 Å². The van der Waals surface area contributed by atoms with Crippen LogP contribution < -0.4 is 4.74 Å². The van der Waals surface area contributed by atoms with Gasteiger partial charge in [-0.3, -0.25) is 9.89 Å². The fourth-order valence-electron chi connectivity index (χ4n) is 2.22. The molecule has 0 amide bonds. The number of halogens is 3. The summed E-state index contributed by atoms with van der Waals surface area (Å²) in [7, 11) is 0. The molecule has 1 heterocycles. The van der Waals surface area contributed by atoms with E-state index in [1.54, 1.807) is 24.3 Å². The zero-order valence-electron chi connectivity index (χ0n) is 13.0. The van der Waals surface area contributed by atoms with Gasteiger partial charge in [0.05, 0.1) is 5.56 Å². The molecule has 2 aromatic carbocycles. The van der Waals surface area contributed by atoms with Crippen molar-refractivity contribution in [2.75, 3.05) is 0 Å². The van der Waals surface area contributed by atoms with Crippen molar-refractivity contribution in [2.24, 2.45) is 0 Å². The lowest BCUT2D eigenvalue weighted by molar-refractivity contribution is -0.137. The lowest BCUT2D eigenvalue weighted by atomic mass is 10.0. The first-order valence-corrected chi connectivity index (χ1v) is 7.22. The van der Waals surface area contributed by atoms with Gasteiger partial charge in [0.25, 0.3) is 5.88 Å². The first kappa shape index (κ1) is 16.7. The van der Waals surface area contributed by atoms with Gasteiger partial charge >= 0.3 is 6.18 Å². The van der Waals surface area contributed by atoms with Crippen LogP contribution in [-0.2, 0) is 6.18 Å². The first-order valence-electron chi connectivity index (χ1n) is 7.22. The van der Waals surface area contributed by atoms with E-state index < -0.39 is 11.7 Å². The largest absolute Gasteiger partial charge is 0.436 e. The smallest absolute Gasteiger partial charge is 0.416 e. The second-order valence-corrected chi connectivity index (χ2v) is 5.25. The molecular formula is C17H12F3N3O2. The van der Waals surface area contributed by atoms with Crippen molar-refractivity contribution in [2.45, 2.75) is 13.1 Å². The van der Waals surface area contributed by atoms with Gasteiger partial charge in [0.1, 0.15) is 5.75 Å². The Morgan fingerprint density at radius 3 is 2.44 bits per heavy atom. The lowest BCUT2D eigenvalue weighted by Gasteiger charge is -2.09. The van der Waals surface area contributed by atoms with Gasteiger partial charge in [-0.05, 0) is 35.4 Å². The van der Waals surface area contributed by atoms with Crippen molar-refractivity contribution < 1.29 is 22.7 Å². The number of ether oxygens (including phenoxy) is 1. The van der Waals surface area contributed by atoms with E-state index in [9.17, 15) is 18.0 Å². The van der Waals surface area contributed by atoms with Gasteiger partial charge in [-0.25, -0.2) is 0 Å². The van der Waals surface area contributed by atoms with E-state index in [0.29, 0.717) is 16.9 Å². The lowest BCUT2D eigenvalue weighted by Crippen LogP contribution is -2.03. The van der Waals surface area contributed by atoms with E-state index in [4.69, 9.17) is 4.74 Å². The molecular weight excluding hydrogens is 335 g/mol. The summed E-state index contributed by atoms with van der Waals surface area (Å²) >= 11 is 0. The molecule has 25 heavy (non-hydrogen) atoms. The number of rotatable bonds is 4. The molecule has 128 valence electrons. The number of nitrogens with one attached hydrogen (secondary N) is 1. The molecule has 0 saturated heterocycles. The maximum Gasteiger partial charge on any atom is 0.416 e. The average Bonchev–Trinajstić information content (AvgIpc) is 3.03. The molecule has 0 bridgehead atoms. The number of carbonyl (C=O) groups is 1. The van der Waals surface area contributed by atoms with Gasteiger partial charge in [-0.1, -0.05) is 34.6 Å². The highest BCUT2D eigenvalue weighted by Crippen LogP contribution is 2.32. The summed E-state index contributed by atoms with van der Waals surface area (Å²) in [6.45, 7) is 1.35. The van der Waals surface area contributed by atoms with Gasteiger partial charge in [0.2, 0.25) is 0 Å². The number of aromatic nitrogens is 3. The number of nitrogens with zero attached hydrogens (tertiary/aromatic N) is 2. The molecule has 0 fully saturated rings. The van der Waals surface area contributed by atoms with E-state index in [-0.39, 0.29) is 17.4 Å². The number of benzene rings is 2. The SMILES string of the molecule is CC(=O)c1[nH]nnc1Oc1cccc(-c2ccc(C(F)(F)F)cc2)c1. The highest BCUT2D eigenvalue weighted by Gasteiger charge is 2.29. The standard InChI is InChI=1S/C17H12F3N3O2/c1-10(24)15-16(22-23-21-15)25-14-4-2-3-12(9-14)11-5-7-13(8-6-11)17(18,19)20/h2-9H,1H3,(H,21,22,23). The van der Waals surface area contributed by atoms with Crippen molar-refractivity contribution in [3.8, 4) is 22.8 Å². The Hall–Kier alpha value is -3.16. The maximum absolute atomic E-state index is 12.6. The summed E-state index contributed by atoms with van der Waals surface area (Å²) in [5.74, 6) is 0.143. The number of alkyl halides is 3. The van der Waals surface area contributed by atoms with E-state index in [0.717, 1.165) is 12.1 Å². The monoisotopic (exact) mass is 347 g/mol. The molecule has 0 unspecified atom stereocenters. The summed E-state index contributed by atoms with van der Waals surface area (Å²) in [4.78, 5) is 11.4. The maximum atomic E-state index is 12.6. The number of H-pyrrole nitrogens is 1. The molecule has 5 nitrogen and oxygen atoms in total. The number of ketones is 1. The van der Waals surface area contributed by atoms with E-state index in [1.165, 1.54) is 19.1 Å². The fourth-order valence-corrected chi connectivity index (χ4v) is 2.22. The third-order valence-electron chi connectivity index (χ3n) is 3.46. The van der Waals surface area contributed by atoms with Gasteiger partial charge in [-0.2, -0.15) is 13.2 Å². The number of hydrogen-bond donors (Lipinski definition) is 1. The van der Waals surface area contributed by atoms with Crippen LogP contribution in [0.25, 0.3) is 11.1 Å². The van der Waals surface area contributed by atoms with Gasteiger partial charge in [-0.15, -0.1) is 0 Å². The second-order valence-electron chi connectivity index (χ2n) is 5.25. The van der Waals surface area contributed by atoms with Crippen molar-refractivity contribution in [1.29, 1.82) is 0 Å². The Morgan fingerprint density at radius 2 is 1.80 bits per heavy atom. The topological polar surface area (TPSA) is 67.9 Å². The normalized spacial score (nSPS) is 11.4. The molecule has 0 aliphatic rings. The quantitative estimate of drug-likeness (QED) is 0.706. The Kier molecular flexibility index (Phi) is 4.26. The number of carbonyl (C=O) groups excluding carboxylic acids is 1. The molecule has 3 aromatic rings. The summed E-state index contributed by atoms with van der Waals surface area (Å²) in [5.41, 5.74) is 0.696. The van der Waals surface area contributed by atoms with E-state index in [2.05, 4.69) is 15.4 Å². The molecule has 0 spiro atoms. The van der Waals surface area contributed by atoms with E-state index in [1.807, 2.05) is 0 Å². The Bertz CT molecular complexity index is 902. The predicted octanol–water partition coefficient (Wildman–Crippen LogP) is 4.49. The summed E-state index contributed by atoms with van der Waals surface area (Å²) < 4.78 is 43.5. The molecule has 8 heteroatoms. The molecule has 0 aliphatic heterocycles. The molecule has 1 N–H and O–H groups in total. The van der Waals surface area contributed by atoms with Crippen LogP contribution in [0.4, 0.5) is 13.2 Å². The predicted molar refractivity (Wildman–Crippen MR) is 83.3 cm³/mol. The van der Waals surface area contributed by atoms with Gasteiger partial charge in [0.15, 0.2) is 11.5 Å². The van der Waals surface area contributed by atoms with Crippen LogP contribution in [-0.4, -0.2) is 21.2 Å². The highest BCUT2D eigenvalue weighted by atomic mass is 19.4. The van der Waals surface area contributed by atoms with Crippen LogP contribution in [0.5, 0.6) is 11.6 Å². The molecule has 0 atom stereocenters. The first-order chi connectivity index (χ1) is 11.8. The summed E-state index contributed by atoms with van der Waals surface area (Å²) in [6, 6.07) is 11.5. The van der Waals surface area contributed by atoms with Crippen molar-refractivity contribution in [3.05, 3.63) is 59.8 Å². The van der Waals surface area contributed by atoms with Crippen LogP contribution in [0.1, 0.15) is 23.0 Å². The molecule has 0 aliphatic carbocycles. The number of hydrogen-bond acceptors (Lipinski definition) is 4. The minimum atomic E-state index is -4.38. The molecule has 3 rings (SSSR count). The third kappa shape index (κ3) is 3.68. The van der Waals surface area contributed by atoms with Crippen LogP contribution in [0.3, 0.4) is 0 Å². The van der Waals surface area contributed by atoms with Gasteiger partial charge in [0, 0.05) is 6.92 Å². The van der Waals surface area contributed by atoms with Crippen molar-refractivity contribution >= 4 is 5.78 Å². The van der Waals surface area contributed by atoms with Crippen LogP contribution in [0.15, 0.2) is 48.5 Å². The number of Topliss-reactive ketones (excluding diaryl/α,β-unsaturated/α-hetero) is 1. The minimum Gasteiger partial charge on any atom is -0.436 e. The zero-order chi connectivity index (χ0) is 18.0. The fraction of sp³-hybridized carbons (Fsp3) is 0.118. The second kappa shape index (κ2) is 6.39. The molecule has 1 aromatic heterocycles. The summed E-state index contributed by atoms with van der Waals surface area (Å²) in [5, 5.41) is 9.68. The van der Waals surface area contributed by atoms with Crippen LogP contribution >= 0.6 is 0 Å². The Morgan fingerprint density at radius 1 is 1.08 bits per heavy atom. The average molecular weight is 347 g/mol. The van der Waals surface area contributed by atoms with Crippen LogP contribution in [0.2, 0.25) is 0 Å². The molecule has 0 radical (unpaired) electrons.